The number of hydrogen-bond acceptors (Lipinski definition) is 1. The summed E-state index contributed by atoms with van der Waals surface area (Å²) in [7, 11) is 0. The maximum Gasteiger partial charge on any atom is 0.0551 e. The summed E-state index contributed by atoms with van der Waals surface area (Å²) in [5, 5.41) is 7.47. The van der Waals surface area contributed by atoms with Gasteiger partial charge in [0.15, 0.2) is 0 Å². The molecule has 0 saturated carbocycles. The van der Waals surface area contributed by atoms with E-state index in [2.05, 4.69) is 189 Å². The summed E-state index contributed by atoms with van der Waals surface area (Å²) in [6.07, 6.45) is 0. The molecule has 220 valence electrons. The molecular weight excluding hydrogens is 636 g/mol. The van der Waals surface area contributed by atoms with Crippen LogP contribution < -0.4 is 4.90 Å². The Morgan fingerprint density at radius 3 is 1.87 bits per heavy atom. The van der Waals surface area contributed by atoms with Crippen LogP contribution >= 0.6 is 15.9 Å². The molecule has 0 atom stereocenters. The zero-order valence-corrected chi connectivity index (χ0v) is 26.9. The van der Waals surface area contributed by atoms with Gasteiger partial charge in [-0.2, -0.15) is 0 Å². The predicted octanol–water partition coefficient (Wildman–Crippen LogP) is 13.0. The van der Waals surface area contributed by atoms with Crippen molar-refractivity contribution in [3.05, 3.63) is 168 Å². The molecule has 2 heterocycles. The van der Waals surface area contributed by atoms with Gasteiger partial charge in [-0.15, -0.1) is 0 Å². The first-order valence-electron chi connectivity index (χ1n) is 16.0. The normalized spacial score (nSPS) is 12.3. The first-order valence-corrected chi connectivity index (χ1v) is 16.8. The van der Waals surface area contributed by atoms with E-state index in [4.69, 9.17) is 0 Å². The van der Waals surface area contributed by atoms with E-state index in [1.165, 1.54) is 88.4 Å². The highest BCUT2D eigenvalue weighted by Gasteiger charge is 2.27. The Balaban J connectivity index is 1.22. The Morgan fingerprint density at radius 1 is 0.404 bits per heavy atom. The van der Waals surface area contributed by atoms with Crippen LogP contribution in [-0.2, 0) is 0 Å². The molecule has 0 saturated heterocycles. The quantitative estimate of drug-likeness (QED) is 0.183. The smallest absolute Gasteiger partial charge is 0.0551 e. The third kappa shape index (κ3) is 3.90. The largest absolute Gasteiger partial charge is 0.309 e. The van der Waals surface area contributed by atoms with Crippen LogP contribution in [0.1, 0.15) is 0 Å². The van der Waals surface area contributed by atoms with Gasteiger partial charge in [0.2, 0.25) is 0 Å². The van der Waals surface area contributed by atoms with Crippen LogP contribution in [-0.4, -0.2) is 4.57 Å². The van der Waals surface area contributed by atoms with Crippen molar-refractivity contribution in [1.82, 2.24) is 4.57 Å². The number of halogens is 1. The Bertz CT molecular complexity index is 2690. The zero-order valence-electron chi connectivity index (χ0n) is 25.4. The fourth-order valence-corrected chi connectivity index (χ4v) is 8.30. The van der Waals surface area contributed by atoms with Crippen LogP contribution in [0, 0.1) is 0 Å². The molecule has 1 aliphatic heterocycles. The lowest BCUT2D eigenvalue weighted by Crippen LogP contribution is -2.15. The highest BCUT2D eigenvalue weighted by atomic mass is 79.9. The van der Waals surface area contributed by atoms with Crippen LogP contribution in [0.25, 0.3) is 71.3 Å². The summed E-state index contributed by atoms with van der Waals surface area (Å²) >= 11 is 3.89. The van der Waals surface area contributed by atoms with Crippen LogP contribution in [0.5, 0.6) is 0 Å². The lowest BCUT2D eigenvalue weighted by Gasteiger charge is -2.34. The molecule has 0 radical (unpaired) electrons. The van der Waals surface area contributed by atoms with Crippen LogP contribution in [0.3, 0.4) is 0 Å². The molecule has 10 rings (SSSR count). The molecule has 3 heteroatoms. The molecule has 0 spiro atoms. The molecule has 0 bridgehead atoms. The Morgan fingerprint density at radius 2 is 1.04 bits per heavy atom. The van der Waals surface area contributed by atoms with Gasteiger partial charge in [-0.1, -0.05) is 119 Å². The average molecular weight is 664 g/mol. The second kappa shape index (κ2) is 10.2. The Hall–Kier alpha value is -5.64. The van der Waals surface area contributed by atoms with Gasteiger partial charge >= 0.3 is 0 Å². The SMILES string of the molecule is Brc1cccc2cccc(N3c4ccc(-c5ccc6c(c5)c5ccccc5n6-c5ccccc5)cc4-c4cccc5cccc3c45)c12. The molecule has 47 heavy (non-hydrogen) atoms. The highest BCUT2D eigenvalue weighted by molar-refractivity contribution is 9.10. The van der Waals surface area contributed by atoms with Gasteiger partial charge in [-0.3, -0.25) is 0 Å². The summed E-state index contributed by atoms with van der Waals surface area (Å²) in [5.41, 5.74) is 12.1. The topological polar surface area (TPSA) is 8.17 Å². The van der Waals surface area contributed by atoms with Crippen molar-refractivity contribution in [3.8, 4) is 27.9 Å². The van der Waals surface area contributed by atoms with Gasteiger partial charge < -0.3 is 9.47 Å². The predicted molar refractivity (Wildman–Crippen MR) is 203 cm³/mol. The van der Waals surface area contributed by atoms with E-state index >= 15 is 0 Å². The van der Waals surface area contributed by atoms with Gasteiger partial charge in [-0.05, 0) is 88.1 Å². The number of para-hydroxylation sites is 2. The van der Waals surface area contributed by atoms with Gasteiger partial charge in [0.25, 0.3) is 0 Å². The molecule has 9 aromatic rings. The highest BCUT2D eigenvalue weighted by Crippen LogP contribution is 2.53. The van der Waals surface area contributed by atoms with Gasteiger partial charge in [-0.25, -0.2) is 0 Å². The molecule has 0 unspecified atom stereocenters. The minimum Gasteiger partial charge on any atom is -0.309 e. The summed E-state index contributed by atoms with van der Waals surface area (Å²) in [4.78, 5) is 2.46. The van der Waals surface area contributed by atoms with E-state index in [0.717, 1.165) is 4.47 Å². The Kier molecular flexibility index (Phi) is 5.76. The summed E-state index contributed by atoms with van der Waals surface area (Å²) < 4.78 is 3.47. The van der Waals surface area contributed by atoms with Crippen molar-refractivity contribution in [2.75, 3.05) is 4.90 Å². The van der Waals surface area contributed by atoms with Crippen LogP contribution in [0.15, 0.2) is 168 Å². The second-order valence-electron chi connectivity index (χ2n) is 12.3. The number of hydrogen-bond donors (Lipinski definition) is 0. The summed E-state index contributed by atoms with van der Waals surface area (Å²) in [6.45, 7) is 0. The maximum absolute atomic E-state index is 3.89. The van der Waals surface area contributed by atoms with Gasteiger partial charge in [0.1, 0.15) is 0 Å². The van der Waals surface area contributed by atoms with Crippen molar-refractivity contribution in [2.24, 2.45) is 0 Å². The summed E-state index contributed by atoms with van der Waals surface area (Å²) in [6, 6.07) is 59.7. The van der Waals surface area contributed by atoms with Gasteiger partial charge in [0, 0.05) is 37.3 Å². The lowest BCUT2D eigenvalue weighted by atomic mass is 9.88. The number of fused-ring (bicyclic) bond motifs is 6. The van der Waals surface area contributed by atoms with Crippen molar-refractivity contribution in [3.63, 3.8) is 0 Å². The zero-order chi connectivity index (χ0) is 31.1. The number of rotatable bonds is 3. The van der Waals surface area contributed by atoms with Crippen molar-refractivity contribution >= 4 is 76.3 Å². The monoisotopic (exact) mass is 662 g/mol. The van der Waals surface area contributed by atoms with Crippen molar-refractivity contribution < 1.29 is 0 Å². The van der Waals surface area contributed by atoms with E-state index in [1.807, 2.05) is 0 Å². The van der Waals surface area contributed by atoms with Crippen molar-refractivity contribution in [2.45, 2.75) is 0 Å². The molecule has 8 aromatic carbocycles. The third-order valence-electron chi connectivity index (χ3n) is 9.74. The first-order chi connectivity index (χ1) is 23.2. The molecule has 1 aliphatic rings. The standard InChI is InChI=1S/C44H27BrN2/c45-37-18-7-11-29-13-9-21-42(44(29)37)47-40-25-23-31(27-36(40)34-17-6-10-28-12-8-20-41(47)43(28)34)30-22-24-39-35(26-30)33-16-4-5-19-38(33)46(39)32-14-2-1-3-15-32/h1-27H. The van der Waals surface area contributed by atoms with E-state index < -0.39 is 0 Å². The van der Waals surface area contributed by atoms with Crippen LogP contribution in [0.2, 0.25) is 0 Å². The van der Waals surface area contributed by atoms with Crippen molar-refractivity contribution in [1.29, 1.82) is 0 Å². The molecule has 2 nitrogen and oxygen atoms in total. The molecule has 0 amide bonds. The molecule has 0 fully saturated rings. The van der Waals surface area contributed by atoms with E-state index in [0.29, 0.717) is 0 Å². The lowest BCUT2D eigenvalue weighted by molar-refractivity contribution is 1.18. The molecular formula is C44H27BrN2. The first kappa shape index (κ1) is 26.6. The fraction of sp³-hybridized carbons (Fsp3) is 0. The third-order valence-corrected chi connectivity index (χ3v) is 10.4. The average Bonchev–Trinajstić information content (AvgIpc) is 3.46. The maximum atomic E-state index is 3.89. The van der Waals surface area contributed by atoms with E-state index in [-0.39, 0.29) is 0 Å². The number of aromatic nitrogens is 1. The minimum absolute atomic E-state index is 1.10. The molecule has 0 aliphatic carbocycles. The summed E-state index contributed by atoms with van der Waals surface area (Å²) in [5.74, 6) is 0. The minimum atomic E-state index is 1.10. The number of anilines is 3. The van der Waals surface area contributed by atoms with Crippen LogP contribution in [0.4, 0.5) is 17.1 Å². The number of nitrogens with zero attached hydrogens (tertiary/aromatic N) is 2. The molecule has 1 aromatic heterocycles. The number of benzene rings is 8. The Labute approximate surface area is 280 Å². The second-order valence-corrected chi connectivity index (χ2v) is 13.1. The van der Waals surface area contributed by atoms with E-state index in [1.54, 1.807) is 0 Å². The van der Waals surface area contributed by atoms with E-state index in [9.17, 15) is 0 Å². The van der Waals surface area contributed by atoms with Gasteiger partial charge in [0.05, 0.1) is 28.1 Å². The fourth-order valence-electron chi connectivity index (χ4n) is 7.72. The molecule has 0 N–H and O–H groups in total.